The Kier molecular flexibility index (Phi) is 7.90. The van der Waals surface area contributed by atoms with Crippen LogP contribution < -0.4 is 16.6 Å². The molecular formula is C12H19N3O5. The van der Waals surface area contributed by atoms with Crippen LogP contribution in [-0.2, 0) is 16.2 Å². The zero-order valence-corrected chi connectivity index (χ0v) is 10.8. The van der Waals surface area contributed by atoms with Crippen LogP contribution in [0.2, 0.25) is 0 Å². The molecule has 20 heavy (non-hydrogen) atoms. The number of rotatable bonds is 7. The van der Waals surface area contributed by atoms with Crippen LogP contribution in [0.1, 0.15) is 18.4 Å². The average molecular weight is 285 g/mol. The fraction of sp³-hybridized carbons (Fsp3) is 0.333. The van der Waals surface area contributed by atoms with Crippen molar-refractivity contribution in [2.75, 3.05) is 5.43 Å². The van der Waals surface area contributed by atoms with Crippen molar-refractivity contribution >= 4 is 17.6 Å². The minimum absolute atomic E-state index is 0. The first kappa shape index (κ1) is 17.8. The highest BCUT2D eigenvalue weighted by Crippen LogP contribution is 2.08. The number of amides is 1. The van der Waals surface area contributed by atoms with E-state index in [1.54, 1.807) is 24.3 Å². The number of nitrogens with two attached hydrogens (primary N) is 1. The molecule has 0 heterocycles. The SMILES string of the molecule is N[C@@H](CCC(=O)NNc1ccc(CO)cc1)C(=O)O.O. The Bertz CT molecular complexity index is 435. The Morgan fingerprint density at radius 1 is 1.25 bits per heavy atom. The van der Waals surface area contributed by atoms with Crippen LogP contribution in [-0.4, -0.2) is 33.6 Å². The first-order valence-electron chi connectivity index (χ1n) is 5.76. The lowest BCUT2D eigenvalue weighted by molar-refractivity contribution is -0.138. The lowest BCUT2D eigenvalue weighted by atomic mass is 10.1. The van der Waals surface area contributed by atoms with Gasteiger partial charge in [0.25, 0.3) is 0 Å². The third-order valence-electron chi connectivity index (χ3n) is 2.48. The molecule has 0 spiro atoms. The van der Waals surface area contributed by atoms with Crippen LogP contribution in [0.3, 0.4) is 0 Å². The molecule has 0 saturated heterocycles. The summed E-state index contributed by atoms with van der Waals surface area (Å²) in [4.78, 5) is 21.9. The monoisotopic (exact) mass is 285 g/mol. The van der Waals surface area contributed by atoms with E-state index in [4.69, 9.17) is 15.9 Å². The van der Waals surface area contributed by atoms with Gasteiger partial charge in [-0.3, -0.25) is 20.4 Å². The average Bonchev–Trinajstić information content (AvgIpc) is 2.42. The topological polar surface area (TPSA) is 156 Å². The number of nitrogens with one attached hydrogen (secondary N) is 2. The standard InChI is InChI=1S/C12H17N3O4.H2O/c13-10(12(18)19)5-6-11(17)15-14-9-3-1-8(7-16)2-4-9;/h1-4,10,14,16H,5-7,13H2,(H,15,17)(H,18,19);1H2/t10-;/m0./s1. The van der Waals surface area contributed by atoms with Gasteiger partial charge in [0, 0.05) is 6.42 Å². The van der Waals surface area contributed by atoms with Crippen molar-refractivity contribution in [2.45, 2.75) is 25.5 Å². The van der Waals surface area contributed by atoms with Gasteiger partial charge >= 0.3 is 5.97 Å². The van der Waals surface area contributed by atoms with E-state index >= 15 is 0 Å². The predicted molar refractivity (Wildman–Crippen MR) is 72.6 cm³/mol. The maximum atomic E-state index is 11.4. The summed E-state index contributed by atoms with van der Waals surface area (Å²) in [6.45, 7) is -0.0419. The van der Waals surface area contributed by atoms with Crippen LogP contribution in [0.15, 0.2) is 24.3 Å². The van der Waals surface area contributed by atoms with E-state index in [0.29, 0.717) is 5.69 Å². The molecular weight excluding hydrogens is 266 g/mol. The van der Waals surface area contributed by atoms with Gasteiger partial charge in [-0.05, 0) is 24.1 Å². The highest BCUT2D eigenvalue weighted by molar-refractivity contribution is 5.79. The van der Waals surface area contributed by atoms with E-state index in [1.807, 2.05) is 0 Å². The molecule has 0 radical (unpaired) electrons. The highest BCUT2D eigenvalue weighted by atomic mass is 16.4. The number of carboxylic acid groups (broad SMARTS) is 1. The number of hydrazine groups is 1. The summed E-state index contributed by atoms with van der Waals surface area (Å²) in [6, 6.07) is 5.81. The molecule has 8 heteroatoms. The number of anilines is 1. The van der Waals surface area contributed by atoms with Crippen molar-refractivity contribution in [3.63, 3.8) is 0 Å². The molecule has 0 saturated carbocycles. The largest absolute Gasteiger partial charge is 0.480 e. The van der Waals surface area contributed by atoms with E-state index in [2.05, 4.69) is 10.9 Å². The number of hydrogen-bond donors (Lipinski definition) is 5. The lowest BCUT2D eigenvalue weighted by Crippen LogP contribution is -2.34. The zero-order valence-electron chi connectivity index (χ0n) is 10.8. The number of carbonyl (C=O) groups is 2. The number of carbonyl (C=O) groups excluding carboxylic acids is 1. The zero-order chi connectivity index (χ0) is 14.3. The van der Waals surface area contributed by atoms with Gasteiger partial charge < -0.3 is 21.4 Å². The summed E-state index contributed by atoms with van der Waals surface area (Å²) in [5.74, 6) is -1.47. The van der Waals surface area contributed by atoms with Crippen molar-refractivity contribution in [2.24, 2.45) is 5.73 Å². The van der Waals surface area contributed by atoms with Crippen LogP contribution in [0.4, 0.5) is 5.69 Å². The van der Waals surface area contributed by atoms with Gasteiger partial charge in [0.1, 0.15) is 6.04 Å². The Hall–Kier alpha value is -2.16. The van der Waals surface area contributed by atoms with Gasteiger partial charge in [0.15, 0.2) is 0 Å². The summed E-state index contributed by atoms with van der Waals surface area (Å²) in [5.41, 5.74) is 11.8. The van der Waals surface area contributed by atoms with E-state index in [9.17, 15) is 9.59 Å². The van der Waals surface area contributed by atoms with Crippen molar-refractivity contribution in [1.29, 1.82) is 0 Å². The van der Waals surface area contributed by atoms with Gasteiger partial charge in [0.05, 0.1) is 12.3 Å². The van der Waals surface area contributed by atoms with Gasteiger partial charge in [-0.15, -0.1) is 0 Å². The summed E-state index contributed by atoms with van der Waals surface area (Å²) < 4.78 is 0. The second kappa shape index (κ2) is 8.86. The van der Waals surface area contributed by atoms with Crippen LogP contribution in [0.5, 0.6) is 0 Å². The van der Waals surface area contributed by atoms with Gasteiger partial charge in [-0.25, -0.2) is 0 Å². The molecule has 0 unspecified atom stereocenters. The minimum Gasteiger partial charge on any atom is -0.480 e. The molecule has 1 amide bonds. The second-order valence-corrected chi connectivity index (χ2v) is 4.01. The molecule has 8 nitrogen and oxygen atoms in total. The quantitative estimate of drug-likeness (QED) is 0.404. The molecule has 0 aliphatic rings. The lowest BCUT2D eigenvalue weighted by Gasteiger charge is -2.10. The first-order valence-corrected chi connectivity index (χ1v) is 5.76. The molecule has 1 aromatic rings. The molecule has 8 N–H and O–H groups in total. The van der Waals surface area contributed by atoms with E-state index in [1.165, 1.54) is 0 Å². The summed E-state index contributed by atoms with van der Waals surface area (Å²) in [7, 11) is 0. The Morgan fingerprint density at radius 2 is 1.85 bits per heavy atom. The summed E-state index contributed by atoms with van der Waals surface area (Å²) >= 11 is 0. The first-order chi connectivity index (χ1) is 9.02. The molecule has 0 bridgehead atoms. The van der Waals surface area contributed by atoms with E-state index in [0.717, 1.165) is 5.56 Å². The van der Waals surface area contributed by atoms with Crippen molar-refractivity contribution in [3.05, 3.63) is 29.8 Å². The number of hydrogen-bond acceptors (Lipinski definition) is 5. The Balaban J connectivity index is 0.00000361. The summed E-state index contributed by atoms with van der Waals surface area (Å²) in [6.07, 6.45) is 0.0987. The molecule has 0 aliphatic carbocycles. The second-order valence-electron chi connectivity index (χ2n) is 4.01. The Morgan fingerprint density at radius 3 is 2.35 bits per heavy atom. The third kappa shape index (κ3) is 6.14. The molecule has 0 fully saturated rings. The minimum atomic E-state index is -1.12. The third-order valence-corrected chi connectivity index (χ3v) is 2.48. The fourth-order valence-corrected chi connectivity index (χ4v) is 1.31. The Labute approximate surface area is 115 Å². The van der Waals surface area contributed by atoms with Gasteiger partial charge in [0.2, 0.25) is 5.91 Å². The fourth-order valence-electron chi connectivity index (χ4n) is 1.31. The number of benzene rings is 1. The van der Waals surface area contributed by atoms with Crippen LogP contribution in [0, 0.1) is 0 Å². The number of aliphatic hydroxyl groups is 1. The molecule has 1 atom stereocenters. The molecule has 1 aromatic carbocycles. The van der Waals surface area contributed by atoms with Crippen molar-refractivity contribution in [3.8, 4) is 0 Å². The highest BCUT2D eigenvalue weighted by Gasteiger charge is 2.13. The molecule has 0 aliphatic heterocycles. The van der Waals surface area contributed by atoms with E-state index < -0.39 is 12.0 Å². The van der Waals surface area contributed by atoms with Crippen molar-refractivity contribution < 1.29 is 25.3 Å². The number of carboxylic acids is 1. The number of aliphatic carboxylic acids is 1. The van der Waals surface area contributed by atoms with Crippen LogP contribution in [0.25, 0.3) is 0 Å². The number of aliphatic hydroxyl groups excluding tert-OH is 1. The van der Waals surface area contributed by atoms with Gasteiger partial charge in [-0.2, -0.15) is 0 Å². The normalized spacial score (nSPS) is 11.1. The molecule has 1 rings (SSSR count). The maximum Gasteiger partial charge on any atom is 0.320 e. The molecule has 112 valence electrons. The predicted octanol–water partition coefficient (Wildman–Crippen LogP) is -1.01. The van der Waals surface area contributed by atoms with E-state index in [-0.39, 0.29) is 30.8 Å². The maximum absolute atomic E-state index is 11.4. The molecule has 0 aromatic heterocycles. The van der Waals surface area contributed by atoms with Gasteiger partial charge in [-0.1, -0.05) is 12.1 Å². The van der Waals surface area contributed by atoms with Crippen molar-refractivity contribution in [1.82, 2.24) is 5.43 Å². The summed E-state index contributed by atoms with van der Waals surface area (Å²) in [5, 5.41) is 17.4. The van der Waals surface area contributed by atoms with Crippen LogP contribution >= 0.6 is 0 Å². The smallest absolute Gasteiger partial charge is 0.320 e.